The maximum atomic E-state index is 12.6. The molecule has 1 aromatic heterocycles. The minimum atomic E-state index is -0.114. The van der Waals surface area contributed by atoms with Crippen LogP contribution in [0, 0.1) is 12.8 Å². The molecule has 1 unspecified atom stereocenters. The van der Waals surface area contributed by atoms with Gasteiger partial charge in [0.2, 0.25) is 5.91 Å². The topological polar surface area (TPSA) is 47.4 Å². The first kappa shape index (κ1) is 14.6. The number of fused-ring (bicyclic) bond motifs is 1. The summed E-state index contributed by atoms with van der Waals surface area (Å²) >= 11 is 0. The van der Waals surface area contributed by atoms with E-state index in [0.717, 1.165) is 29.0 Å². The highest BCUT2D eigenvalue weighted by Gasteiger charge is 2.28. The van der Waals surface area contributed by atoms with Crippen LogP contribution in [0.5, 0.6) is 5.75 Å². The number of nitrogens with zero attached hydrogens (tertiary/aromatic N) is 3. The quantitative estimate of drug-likeness (QED) is 0.870. The van der Waals surface area contributed by atoms with Crippen molar-refractivity contribution in [3.05, 3.63) is 47.3 Å². The number of ether oxygens (including phenoxy) is 1. The van der Waals surface area contributed by atoms with E-state index in [1.54, 1.807) is 4.90 Å². The molecule has 1 aliphatic rings. The van der Waals surface area contributed by atoms with E-state index in [2.05, 4.69) is 5.10 Å². The van der Waals surface area contributed by atoms with Gasteiger partial charge in [0.1, 0.15) is 12.4 Å². The summed E-state index contributed by atoms with van der Waals surface area (Å²) in [6.45, 7) is 3.05. The second kappa shape index (κ2) is 5.83. The molecule has 5 nitrogen and oxygen atoms in total. The first-order chi connectivity index (χ1) is 10.6. The zero-order valence-electron chi connectivity index (χ0n) is 13.2. The highest BCUT2D eigenvalue weighted by molar-refractivity contribution is 5.79. The van der Waals surface area contributed by atoms with E-state index in [4.69, 9.17) is 4.74 Å². The van der Waals surface area contributed by atoms with Crippen LogP contribution in [0.1, 0.15) is 16.8 Å². The fraction of sp³-hybridized carbons (Fsp3) is 0.412. The van der Waals surface area contributed by atoms with Crippen molar-refractivity contribution in [1.29, 1.82) is 0 Å². The lowest BCUT2D eigenvalue weighted by Crippen LogP contribution is -2.38. The fourth-order valence-corrected chi connectivity index (χ4v) is 2.83. The van der Waals surface area contributed by atoms with E-state index in [0.29, 0.717) is 13.2 Å². The van der Waals surface area contributed by atoms with Crippen molar-refractivity contribution >= 4 is 5.91 Å². The molecule has 3 rings (SSSR count). The molecule has 1 aliphatic heterocycles. The minimum absolute atomic E-state index is 0.114. The van der Waals surface area contributed by atoms with Gasteiger partial charge in [-0.1, -0.05) is 18.2 Å². The largest absolute Gasteiger partial charge is 0.492 e. The van der Waals surface area contributed by atoms with Gasteiger partial charge in [0, 0.05) is 31.9 Å². The number of hydrogen-bond donors (Lipinski definition) is 0. The second-order valence-electron chi connectivity index (χ2n) is 5.89. The van der Waals surface area contributed by atoms with Crippen LogP contribution in [0.3, 0.4) is 0 Å². The number of aryl methyl sites for hydroxylation is 1. The number of benzene rings is 1. The third-order valence-corrected chi connectivity index (χ3v) is 4.35. The Morgan fingerprint density at radius 1 is 1.45 bits per heavy atom. The van der Waals surface area contributed by atoms with Gasteiger partial charge in [0.25, 0.3) is 0 Å². The van der Waals surface area contributed by atoms with Crippen LogP contribution in [0.15, 0.2) is 30.5 Å². The monoisotopic (exact) mass is 299 g/mol. The summed E-state index contributed by atoms with van der Waals surface area (Å²) in [6.07, 6.45) is 2.57. The molecule has 0 saturated heterocycles. The van der Waals surface area contributed by atoms with E-state index in [1.807, 2.05) is 56.2 Å². The molecule has 5 heteroatoms. The van der Waals surface area contributed by atoms with E-state index < -0.39 is 0 Å². The van der Waals surface area contributed by atoms with E-state index in [9.17, 15) is 4.79 Å². The van der Waals surface area contributed by atoms with Crippen molar-refractivity contribution in [2.24, 2.45) is 13.0 Å². The lowest BCUT2D eigenvalue weighted by molar-refractivity contribution is -0.136. The molecule has 0 fully saturated rings. The summed E-state index contributed by atoms with van der Waals surface area (Å²) in [4.78, 5) is 14.4. The highest BCUT2D eigenvalue weighted by atomic mass is 16.5. The molecule has 0 radical (unpaired) electrons. The van der Waals surface area contributed by atoms with E-state index in [1.165, 1.54) is 0 Å². The Balaban J connectivity index is 1.68. The third-order valence-electron chi connectivity index (χ3n) is 4.35. The predicted molar refractivity (Wildman–Crippen MR) is 83.6 cm³/mol. The second-order valence-corrected chi connectivity index (χ2v) is 5.89. The molecule has 0 saturated carbocycles. The van der Waals surface area contributed by atoms with E-state index in [-0.39, 0.29) is 11.8 Å². The molecule has 1 atom stereocenters. The SMILES string of the molecule is Cc1c(CN(C)C(=O)C2COc3ccccc3C2)cnn1C. The molecule has 0 bridgehead atoms. The average molecular weight is 299 g/mol. The van der Waals surface area contributed by atoms with Crippen LogP contribution < -0.4 is 4.74 Å². The van der Waals surface area contributed by atoms with Gasteiger partial charge < -0.3 is 9.64 Å². The van der Waals surface area contributed by atoms with Gasteiger partial charge in [0.15, 0.2) is 0 Å². The number of aromatic nitrogens is 2. The minimum Gasteiger partial charge on any atom is -0.492 e. The van der Waals surface area contributed by atoms with Gasteiger partial charge in [-0.05, 0) is 25.0 Å². The smallest absolute Gasteiger partial charge is 0.229 e. The molecule has 1 aromatic carbocycles. The fourth-order valence-electron chi connectivity index (χ4n) is 2.83. The number of carbonyl (C=O) groups excluding carboxylic acids is 1. The summed E-state index contributed by atoms with van der Waals surface area (Å²) in [5, 5.41) is 4.22. The third kappa shape index (κ3) is 2.71. The first-order valence-corrected chi connectivity index (χ1v) is 7.49. The average Bonchev–Trinajstić information content (AvgIpc) is 2.85. The van der Waals surface area contributed by atoms with Gasteiger partial charge in [0.05, 0.1) is 12.1 Å². The molecule has 0 N–H and O–H groups in total. The summed E-state index contributed by atoms with van der Waals surface area (Å²) in [5.41, 5.74) is 3.28. The molecular weight excluding hydrogens is 278 g/mol. The number of carbonyl (C=O) groups is 1. The van der Waals surface area contributed by atoms with Crippen molar-refractivity contribution in [2.75, 3.05) is 13.7 Å². The number of hydrogen-bond acceptors (Lipinski definition) is 3. The Morgan fingerprint density at radius 2 is 2.23 bits per heavy atom. The number of amides is 1. The normalized spacial score (nSPS) is 16.8. The van der Waals surface area contributed by atoms with E-state index >= 15 is 0 Å². The summed E-state index contributed by atoms with van der Waals surface area (Å²) < 4.78 is 7.55. The number of rotatable bonds is 3. The Morgan fingerprint density at radius 3 is 2.95 bits per heavy atom. The Hall–Kier alpha value is -2.30. The first-order valence-electron chi connectivity index (χ1n) is 7.49. The lowest BCUT2D eigenvalue weighted by atomic mass is 9.95. The van der Waals surface area contributed by atoms with Crippen LogP contribution in [-0.4, -0.2) is 34.2 Å². The predicted octanol–water partition coefficient (Wildman–Crippen LogP) is 1.94. The molecule has 2 aromatic rings. The van der Waals surface area contributed by atoms with Crippen LogP contribution in [-0.2, 0) is 24.8 Å². The molecule has 22 heavy (non-hydrogen) atoms. The number of para-hydroxylation sites is 1. The van der Waals surface area contributed by atoms with Crippen molar-refractivity contribution in [1.82, 2.24) is 14.7 Å². The van der Waals surface area contributed by atoms with Gasteiger partial charge in [-0.2, -0.15) is 5.10 Å². The van der Waals surface area contributed by atoms with Crippen molar-refractivity contribution < 1.29 is 9.53 Å². The maximum absolute atomic E-state index is 12.6. The Bertz CT molecular complexity index is 693. The molecule has 0 aliphatic carbocycles. The van der Waals surface area contributed by atoms with Crippen molar-refractivity contribution in [2.45, 2.75) is 19.9 Å². The zero-order valence-corrected chi connectivity index (χ0v) is 13.2. The molecule has 116 valence electrons. The summed E-state index contributed by atoms with van der Waals surface area (Å²) in [7, 11) is 3.75. The van der Waals surface area contributed by atoms with Crippen LogP contribution in [0.25, 0.3) is 0 Å². The van der Waals surface area contributed by atoms with Crippen LogP contribution in [0.2, 0.25) is 0 Å². The molecule has 2 heterocycles. The van der Waals surface area contributed by atoms with Crippen LogP contribution in [0.4, 0.5) is 0 Å². The highest BCUT2D eigenvalue weighted by Crippen LogP contribution is 2.27. The molecule has 0 spiro atoms. The van der Waals surface area contributed by atoms with Crippen LogP contribution >= 0.6 is 0 Å². The van der Waals surface area contributed by atoms with Gasteiger partial charge >= 0.3 is 0 Å². The Labute approximate surface area is 130 Å². The summed E-state index contributed by atoms with van der Waals surface area (Å²) in [6, 6.07) is 7.93. The zero-order chi connectivity index (χ0) is 15.7. The van der Waals surface area contributed by atoms with Crippen molar-refractivity contribution in [3.63, 3.8) is 0 Å². The van der Waals surface area contributed by atoms with Gasteiger partial charge in [-0.25, -0.2) is 0 Å². The standard InChI is InChI=1S/C17H21N3O2/c1-12-15(9-18-20(12)3)10-19(2)17(21)14-8-13-6-4-5-7-16(13)22-11-14/h4-7,9,14H,8,10-11H2,1-3H3. The van der Waals surface area contributed by atoms with Gasteiger partial charge in [-0.15, -0.1) is 0 Å². The van der Waals surface area contributed by atoms with Crippen molar-refractivity contribution in [3.8, 4) is 5.75 Å². The Kier molecular flexibility index (Phi) is 3.88. The molecule has 1 amide bonds. The lowest BCUT2D eigenvalue weighted by Gasteiger charge is -2.28. The molecular formula is C17H21N3O2. The van der Waals surface area contributed by atoms with Gasteiger partial charge in [-0.3, -0.25) is 9.48 Å². The summed E-state index contributed by atoms with van der Waals surface area (Å²) in [5.74, 6) is 0.909. The maximum Gasteiger partial charge on any atom is 0.229 e.